The zero-order valence-electron chi connectivity index (χ0n) is 17.1. The lowest BCUT2D eigenvalue weighted by Gasteiger charge is -2.45. The van der Waals surface area contributed by atoms with Crippen molar-refractivity contribution in [1.82, 2.24) is 4.90 Å². The molecule has 0 saturated carbocycles. The van der Waals surface area contributed by atoms with Crippen molar-refractivity contribution in [3.8, 4) is 5.75 Å². The van der Waals surface area contributed by atoms with Crippen LogP contribution in [-0.4, -0.2) is 45.5 Å². The number of hydrogen-bond acceptors (Lipinski definition) is 6. The van der Waals surface area contributed by atoms with Crippen molar-refractivity contribution in [2.24, 2.45) is 0 Å². The number of likely N-dealkylation sites (tertiary alicyclic amines) is 1. The van der Waals surface area contributed by atoms with Crippen LogP contribution in [0, 0.1) is 0 Å². The van der Waals surface area contributed by atoms with E-state index < -0.39 is 15.8 Å². The molecule has 1 aromatic carbocycles. The molecule has 0 N–H and O–H groups in total. The average molecular weight is 436 g/mol. The Hall–Kier alpha value is -1.41. The van der Waals surface area contributed by atoms with Gasteiger partial charge in [0.2, 0.25) is 0 Å². The van der Waals surface area contributed by atoms with Crippen LogP contribution in [0.5, 0.6) is 5.75 Å². The van der Waals surface area contributed by atoms with Crippen LogP contribution in [-0.2, 0) is 27.1 Å². The molecule has 5 nitrogen and oxygen atoms in total. The second-order valence-corrected chi connectivity index (χ2v) is 10.7. The fourth-order valence-corrected chi connectivity index (χ4v) is 6.59. The van der Waals surface area contributed by atoms with E-state index in [0.29, 0.717) is 0 Å². The largest absolute Gasteiger partial charge is 0.497 e. The summed E-state index contributed by atoms with van der Waals surface area (Å²) < 4.78 is 36.1. The van der Waals surface area contributed by atoms with E-state index in [2.05, 4.69) is 34.5 Å². The van der Waals surface area contributed by atoms with Gasteiger partial charge in [0.25, 0.3) is 10.1 Å². The van der Waals surface area contributed by atoms with Gasteiger partial charge in [-0.05, 0) is 73.2 Å². The lowest BCUT2D eigenvalue weighted by Crippen LogP contribution is -2.53. The smallest absolute Gasteiger partial charge is 0.266 e. The van der Waals surface area contributed by atoms with E-state index >= 15 is 0 Å². The maximum absolute atomic E-state index is 12.4. The minimum Gasteiger partial charge on any atom is -0.497 e. The first-order valence-electron chi connectivity index (χ1n) is 10.3. The summed E-state index contributed by atoms with van der Waals surface area (Å²) in [6.45, 7) is 1.67. The first-order valence-corrected chi connectivity index (χ1v) is 13.0. The highest BCUT2D eigenvalue weighted by molar-refractivity contribution is 7.86. The molecule has 2 heterocycles. The number of fused-ring (bicyclic) bond motifs is 1. The summed E-state index contributed by atoms with van der Waals surface area (Å²) in [5.41, 5.74) is 1.67. The van der Waals surface area contributed by atoms with Crippen LogP contribution in [0.15, 0.2) is 35.7 Å². The van der Waals surface area contributed by atoms with Gasteiger partial charge in [-0.1, -0.05) is 12.1 Å². The molecule has 2 aromatic rings. The van der Waals surface area contributed by atoms with E-state index in [-0.39, 0.29) is 5.92 Å². The molecule has 0 amide bonds. The molecule has 1 aliphatic heterocycles. The molecule has 1 fully saturated rings. The Labute approximate surface area is 177 Å². The van der Waals surface area contributed by atoms with Gasteiger partial charge in [0.1, 0.15) is 11.5 Å². The lowest BCUT2D eigenvalue weighted by atomic mass is 9.75. The van der Waals surface area contributed by atoms with E-state index in [1.54, 1.807) is 18.4 Å². The number of rotatable bonds is 7. The minimum atomic E-state index is -3.60. The fraction of sp³-hybridized carbons (Fsp3) is 0.545. The molecular weight excluding hydrogens is 406 g/mol. The minimum absolute atomic E-state index is 0.0396. The molecule has 0 spiro atoms. The molecule has 1 aromatic heterocycles. The Balaban J connectivity index is 1.70. The Kier molecular flexibility index (Phi) is 6.02. The van der Waals surface area contributed by atoms with Gasteiger partial charge in [0.15, 0.2) is 0 Å². The van der Waals surface area contributed by atoms with Crippen molar-refractivity contribution < 1.29 is 17.3 Å². The zero-order valence-corrected chi connectivity index (χ0v) is 18.7. The average Bonchev–Trinajstić information content (AvgIpc) is 3.34. The monoisotopic (exact) mass is 435 g/mol. The first kappa shape index (κ1) is 20.8. The highest BCUT2D eigenvalue weighted by Crippen LogP contribution is 2.49. The third-order valence-electron chi connectivity index (χ3n) is 6.21. The van der Waals surface area contributed by atoms with Gasteiger partial charge in [0, 0.05) is 23.9 Å². The highest BCUT2D eigenvalue weighted by atomic mass is 32.2. The SMILES string of the molecule is COc1ccc2c(c1)CCCC2C1(OS(C)(=O)=O)CCCN1CCc1cccs1. The van der Waals surface area contributed by atoms with E-state index in [1.165, 1.54) is 22.3 Å². The van der Waals surface area contributed by atoms with E-state index in [1.807, 2.05) is 6.07 Å². The van der Waals surface area contributed by atoms with E-state index in [4.69, 9.17) is 8.92 Å². The molecule has 29 heavy (non-hydrogen) atoms. The summed E-state index contributed by atoms with van der Waals surface area (Å²) in [6.07, 6.45) is 6.73. The summed E-state index contributed by atoms with van der Waals surface area (Å²) in [5, 5.41) is 2.09. The van der Waals surface area contributed by atoms with Gasteiger partial charge in [0.05, 0.1) is 13.4 Å². The summed E-state index contributed by atoms with van der Waals surface area (Å²) in [7, 11) is -1.92. The van der Waals surface area contributed by atoms with Gasteiger partial charge < -0.3 is 4.74 Å². The number of nitrogens with zero attached hydrogens (tertiary/aromatic N) is 1. The third kappa shape index (κ3) is 4.38. The zero-order chi connectivity index (χ0) is 20.5. The number of methoxy groups -OCH3 is 1. The topological polar surface area (TPSA) is 55.8 Å². The number of aryl methyl sites for hydroxylation is 1. The van der Waals surface area contributed by atoms with Crippen LogP contribution >= 0.6 is 11.3 Å². The van der Waals surface area contributed by atoms with Gasteiger partial charge in [-0.15, -0.1) is 11.3 Å². The Morgan fingerprint density at radius 3 is 2.86 bits per heavy atom. The van der Waals surface area contributed by atoms with Gasteiger partial charge in [-0.2, -0.15) is 8.42 Å². The highest BCUT2D eigenvalue weighted by Gasteiger charge is 2.51. The van der Waals surface area contributed by atoms with Crippen LogP contribution in [0.1, 0.15) is 47.6 Å². The summed E-state index contributed by atoms with van der Waals surface area (Å²) in [5.74, 6) is 0.890. The molecule has 7 heteroatoms. The Morgan fingerprint density at radius 2 is 2.14 bits per heavy atom. The van der Waals surface area contributed by atoms with Crippen LogP contribution in [0.2, 0.25) is 0 Å². The number of thiophene rings is 1. The Bertz CT molecular complexity index is 942. The van der Waals surface area contributed by atoms with Crippen molar-refractivity contribution >= 4 is 21.5 Å². The van der Waals surface area contributed by atoms with Crippen molar-refractivity contribution in [2.75, 3.05) is 26.5 Å². The van der Waals surface area contributed by atoms with E-state index in [0.717, 1.165) is 57.4 Å². The molecule has 1 saturated heterocycles. The van der Waals surface area contributed by atoms with Gasteiger partial charge in [-0.25, -0.2) is 4.18 Å². The van der Waals surface area contributed by atoms with Gasteiger partial charge in [-0.3, -0.25) is 4.90 Å². The van der Waals surface area contributed by atoms with Gasteiger partial charge >= 0.3 is 0 Å². The Morgan fingerprint density at radius 1 is 1.28 bits per heavy atom. The van der Waals surface area contributed by atoms with Crippen molar-refractivity contribution in [3.05, 3.63) is 51.7 Å². The quantitative estimate of drug-likeness (QED) is 0.611. The second-order valence-electron chi connectivity index (χ2n) is 8.06. The number of benzene rings is 1. The van der Waals surface area contributed by atoms with Crippen LogP contribution in [0.3, 0.4) is 0 Å². The molecular formula is C22H29NO4S2. The van der Waals surface area contributed by atoms with Crippen molar-refractivity contribution in [2.45, 2.75) is 50.2 Å². The molecule has 2 atom stereocenters. The third-order valence-corrected chi connectivity index (χ3v) is 7.74. The standard InChI is InChI=1S/C22H29NO4S2/c1-26-18-9-10-20-17(16-18)6-3-8-21(20)22(27-29(2,24)25)12-5-13-23(22)14-11-19-7-4-15-28-19/h4,7,9-10,15-16,21H,3,5-6,8,11-14H2,1-2H3. The van der Waals surface area contributed by atoms with Crippen molar-refractivity contribution in [1.29, 1.82) is 0 Å². The fourth-order valence-electron chi connectivity index (χ4n) is 5.07. The summed E-state index contributed by atoms with van der Waals surface area (Å²) >= 11 is 1.75. The molecule has 2 aliphatic rings. The molecule has 2 unspecified atom stereocenters. The second kappa shape index (κ2) is 8.38. The van der Waals surface area contributed by atoms with Crippen LogP contribution < -0.4 is 4.74 Å². The predicted octanol–water partition coefficient (Wildman–Crippen LogP) is 4.19. The van der Waals surface area contributed by atoms with Crippen LogP contribution in [0.4, 0.5) is 0 Å². The summed E-state index contributed by atoms with van der Waals surface area (Å²) in [4.78, 5) is 3.61. The molecule has 0 radical (unpaired) electrons. The molecule has 0 bridgehead atoms. The lowest BCUT2D eigenvalue weighted by molar-refractivity contribution is -0.0766. The van der Waals surface area contributed by atoms with Crippen LogP contribution in [0.25, 0.3) is 0 Å². The molecule has 1 aliphatic carbocycles. The molecule has 4 rings (SSSR count). The summed E-state index contributed by atoms with van der Waals surface area (Å²) in [6, 6.07) is 10.4. The number of ether oxygens (including phenoxy) is 1. The first-order chi connectivity index (χ1) is 13.9. The molecule has 158 valence electrons. The maximum Gasteiger partial charge on any atom is 0.266 e. The van der Waals surface area contributed by atoms with E-state index in [9.17, 15) is 8.42 Å². The normalized spacial score (nSPS) is 25.1. The predicted molar refractivity (Wildman–Crippen MR) is 116 cm³/mol. The maximum atomic E-state index is 12.4. The number of hydrogen-bond donors (Lipinski definition) is 0. The van der Waals surface area contributed by atoms with Crippen molar-refractivity contribution in [3.63, 3.8) is 0 Å².